The first kappa shape index (κ1) is 12.4. The monoisotopic (exact) mass is 255 g/mol. The minimum Gasteiger partial charge on any atom is -0.496 e. The van der Waals surface area contributed by atoms with Gasteiger partial charge in [-0.25, -0.2) is 8.42 Å². The second-order valence-electron chi connectivity index (χ2n) is 4.75. The Kier molecular flexibility index (Phi) is 2.91. The van der Waals surface area contributed by atoms with Gasteiger partial charge in [-0.3, -0.25) is 0 Å². The standard InChI is InChI=1S/C12H17NO3S/c1-16-10-4-3-5-11(17(2,14)15)9(10)8-12(13)6-7-12/h3-5H,6-8,13H2,1-2H3. The first-order chi connectivity index (χ1) is 7.86. The van der Waals surface area contributed by atoms with E-state index >= 15 is 0 Å². The van der Waals surface area contributed by atoms with Gasteiger partial charge in [-0.1, -0.05) is 6.07 Å². The van der Waals surface area contributed by atoms with Crippen LogP contribution in [0.5, 0.6) is 5.75 Å². The fourth-order valence-electron chi connectivity index (χ4n) is 1.95. The Balaban J connectivity index is 2.51. The van der Waals surface area contributed by atoms with Crippen molar-refractivity contribution >= 4 is 9.84 Å². The molecule has 0 unspecified atom stereocenters. The maximum atomic E-state index is 11.7. The molecule has 0 amide bonds. The molecule has 0 atom stereocenters. The Morgan fingerprint density at radius 2 is 2.06 bits per heavy atom. The van der Waals surface area contributed by atoms with Gasteiger partial charge in [0.15, 0.2) is 9.84 Å². The van der Waals surface area contributed by atoms with Crippen LogP contribution in [0.1, 0.15) is 18.4 Å². The third kappa shape index (κ3) is 2.61. The summed E-state index contributed by atoms with van der Waals surface area (Å²) in [5, 5.41) is 0. The third-order valence-corrected chi connectivity index (χ3v) is 4.31. The molecule has 0 radical (unpaired) electrons. The van der Waals surface area contributed by atoms with Gasteiger partial charge in [0, 0.05) is 17.4 Å². The SMILES string of the molecule is COc1cccc(S(C)(=O)=O)c1CC1(N)CC1. The van der Waals surface area contributed by atoms with E-state index in [0.29, 0.717) is 22.6 Å². The van der Waals surface area contributed by atoms with Crippen LogP contribution in [0.25, 0.3) is 0 Å². The van der Waals surface area contributed by atoms with Crippen LogP contribution in [0.15, 0.2) is 23.1 Å². The summed E-state index contributed by atoms with van der Waals surface area (Å²) in [6.45, 7) is 0. The smallest absolute Gasteiger partial charge is 0.175 e. The summed E-state index contributed by atoms with van der Waals surface area (Å²) in [4.78, 5) is 0.327. The molecule has 1 aliphatic rings. The van der Waals surface area contributed by atoms with Gasteiger partial charge in [0.2, 0.25) is 0 Å². The van der Waals surface area contributed by atoms with Crippen LogP contribution in [-0.4, -0.2) is 27.3 Å². The van der Waals surface area contributed by atoms with E-state index in [-0.39, 0.29) is 5.54 Å². The van der Waals surface area contributed by atoms with Gasteiger partial charge >= 0.3 is 0 Å². The molecule has 1 fully saturated rings. The minimum absolute atomic E-state index is 0.242. The van der Waals surface area contributed by atoms with Crippen molar-refractivity contribution in [2.75, 3.05) is 13.4 Å². The summed E-state index contributed by atoms with van der Waals surface area (Å²) in [5.41, 5.74) is 6.53. The molecule has 5 heteroatoms. The zero-order valence-electron chi connectivity index (χ0n) is 10.1. The number of nitrogens with two attached hydrogens (primary N) is 1. The van der Waals surface area contributed by atoms with E-state index in [9.17, 15) is 8.42 Å². The number of methoxy groups -OCH3 is 1. The van der Waals surface area contributed by atoms with Crippen molar-refractivity contribution in [2.24, 2.45) is 5.73 Å². The molecule has 1 aromatic rings. The Hall–Kier alpha value is -1.07. The Bertz CT molecular complexity index is 533. The number of sulfone groups is 1. The Labute approximate surface area is 102 Å². The maximum Gasteiger partial charge on any atom is 0.175 e. The second kappa shape index (κ2) is 3.99. The quantitative estimate of drug-likeness (QED) is 0.875. The molecule has 1 aliphatic carbocycles. The molecule has 2 N–H and O–H groups in total. The van der Waals surface area contributed by atoms with Crippen molar-refractivity contribution in [3.8, 4) is 5.75 Å². The molecule has 0 aromatic heterocycles. The van der Waals surface area contributed by atoms with E-state index in [4.69, 9.17) is 10.5 Å². The number of hydrogen-bond acceptors (Lipinski definition) is 4. The number of ether oxygens (including phenoxy) is 1. The van der Waals surface area contributed by atoms with Gasteiger partial charge in [-0.2, -0.15) is 0 Å². The lowest BCUT2D eigenvalue weighted by Gasteiger charge is -2.16. The molecular weight excluding hydrogens is 238 g/mol. The fraction of sp³-hybridized carbons (Fsp3) is 0.500. The van der Waals surface area contributed by atoms with Crippen LogP contribution >= 0.6 is 0 Å². The summed E-state index contributed by atoms with van der Waals surface area (Å²) in [7, 11) is -1.70. The molecule has 17 heavy (non-hydrogen) atoms. The highest BCUT2D eigenvalue weighted by molar-refractivity contribution is 7.90. The van der Waals surface area contributed by atoms with Crippen molar-refractivity contribution in [1.82, 2.24) is 0 Å². The molecule has 0 aliphatic heterocycles. The van der Waals surface area contributed by atoms with Gasteiger partial charge in [-0.05, 0) is 31.4 Å². The summed E-state index contributed by atoms with van der Waals surface area (Å²) < 4.78 is 28.7. The lowest BCUT2D eigenvalue weighted by Crippen LogP contribution is -2.25. The van der Waals surface area contributed by atoms with Crippen molar-refractivity contribution in [3.05, 3.63) is 23.8 Å². The first-order valence-corrected chi connectivity index (χ1v) is 7.40. The lowest BCUT2D eigenvalue weighted by molar-refractivity contribution is 0.405. The summed E-state index contributed by atoms with van der Waals surface area (Å²) in [6, 6.07) is 5.07. The molecule has 0 saturated heterocycles. The third-order valence-electron chi connectivity index (χ3n) is 3.13. The van der Waals surface area contributed by atoms with E-state index in [0.717, 1.165) is 12.8 Å². The highest BCUT2D eigenvalue weighted by Crippen LogP contribution is 2.39. The minimum atomic E-state index is -3.25. The average Bonchev–Trinajstić information content (AvgIpc) is 2.95. The number of benzene rings is 1. The fourth-order valence-corrected chi connectivity index (χ4v) is 2.89. The molecule has 2 rings (SSSR count). The molecule has 0 heterocycles. The van der Waals surface area contributed by atoms with E-state index in [1.54, 1.807) is 25.3 Å². The predicted molar refractivity (Wildman–Crippen MR) is 66.0 cm³/mol. The van der Waals surface area contributed by atoms with Crippen molar-refractivity contribution < 1.29 is 13.2 Å². The van der Waals surface area contributed by atoms with E-state index in [2.05, 4.69) is 0 Å². The van der Waals surface area contributed by atoms with Gasteiger partial charge in [-0.15, -0.1) is 0 Å². The van der Waals surface area contributed by atoms with E-state index < -0.39 is 9.84 Å². The van der Waals surface area contributed by atoms with Crippen LogP contribution in [-0.2, 0) is 16.3 Å². The summed E-state index contributed by atoms with van der Waals surface area (Å²) in [5.74, 6) is 0.602. The van der Waals surface area contributed by atoms with Gasteiger partial charge < -0.3 is 10.5 Å². The normalized spacial score (nSPS) is 17.8. The van der Waals surface area contributed by atoms with Gasteiger partial charge in [0.25, 0.3) is 0 Å². The highest BCUT2D eigenvalue weighted by atomic mass is 32.2. The number of hydrogen-bond donors (Lipinski definition) is 1. The largest absolute Gasteiger partial charge is 0.496 e. The summed E-state index contributed by atoms with van der Waals surface area (Å²) >= 11 is 0. The van der Waals surface area contributed by atoms with Gasteiger partial charge in [0.1, 0.15) is 5.75 Å². The van der Waals surface area contributed by atoms with E-state index in [1.807, 2.05) is 0 Å². The van der Waals surface area contributed by atoms with Crippen molar-refractivity contribution in [1.29, 1.82) is 0 Å². The van der Waals surface area contributed by atoms with Crippen molar-refractivity contribution in [2.45, 2.75) is 29.7 Å². The summed E-state index contributed by atoms with van der Waals surface area (Å²) in [6.07, 6.45) is 3.64. The van der Waals surface area contributed by atoms with Crippen LogP contribution < -0.4 is 10.5 Å². The molecule has 4 nitrogen and oxygen atoms in total. The van der Waals surface area contributed by atoms with Crippen LogP contribution in [0.2, 0.25) is 0 Å². The van der Waals surface area contributed by atoms with Crippen LogP contribution in [0.3, 0.4) is 0 Å². The molecular formula is C12H17NO3S. The molecule has 1 aromatic carbocycles. The van der Waals surface area contributed by atoms with Gasteiger partial charge in [0.05, 0.1) is 12.0 Å². The Morgan fingerprint density at radius 1 is 1.41 bits per heavy atom. The predicted octanol–water partition coefficient (Wildman–Crippen LogP) is 1.13. The highest BCUT2D eigenvalue weighted by Gasteiger charge is 2.40. The van der Waals surface area contributed by atoms with Crippen LogP contribution in [0.4, 0.5) is 0 Å². The topological polar surface area (TPSA) is 69.4 Å². The zero-order chi connectivity index (χ0) is 12.7. The molecule has 0 bridgehead atoms. The van der Waals surface area contributed by atoms with Crippen LogP contribution in [0, 0.1) is 0 Å². The first-order valence-electron chi connectivity index (χ1n) is 5.50. The average molecular weight is 255 g/mol. The van der Waals surface area contributed by atoms with E-state index in [1.165, 1.54) is 6.26 Å². The molecule has 94 valence electrons. The molecule has 0 spiro atoms. The lowest BCUT2D eigenvalue weighted by atomic mass is 10.0. The molecule has 1 saturated carbocycles. The zero-order valence-corrected chi connectivity index (χ0v) is 10.9. The second-order valence-corrected chi connectivity index (χ2v) is 6.73. The Morgan fingerprint density at radius 3 is 2.53 bits per heavy atom. The maximum absolute atomic E-state index is 11.7. The number of rotatable bonds is 4. The van der Waals surface area contributed by atoms with Crippen molar-refractivity contribution in [3.63, 3.8) is 0 Å².